The highest BCUT2D eigenvalue weighted by molar-refractivity contribution is 5.91. The fourth-order valence-corrected chi connectivity index (χ4v) is 2.35. The van der Waals surface area contributed by atoms with E-state index >= 15 is 0 Å². The van der Waals surface area contributed by atoms with Gasteiger partial charge in [0.05, 0.1) is 5.56 Å². The Hall–Kier alpha value is -3.07. The summed E-state index contributed by atoms with van der Waals surface area (Å²) in [5.74, 6) is 0.344. The first kappa shape index (κ1) is 14.9. The van der Waals surface area contributed by atoms with Crippen LogP contribution in [0.2, 0.25) is 0 Å². The molecule has 1 N–H and O–H groups in total. The molecule has 0 spiro atoms. The quantitative estimate of drug-likeness (QED) is 0.580. The molecule has 0 aliphatic rings. The molecule has 0 radical (unpaired) electrons. The van der Waals surface area contributed by atoms with Gasteiger partial charge in [0.25, 0.3) is 0 Å². The number of phenols is 1. The van der Waals surface area contributed by atoms with Crippen molar-refractivity contribution in [3.8, 4) is 11.5 Å². The van der Waals surface area contributed by atoms with Gasteiger partial charge in [0, 0.05) is 6.42 Å². The van der Waals surface area contributed by atoms with Crippen LogP contribution in [0.5, 0.6) is 11.5 Å². The van der Waals surface area contributed by atoms with E-state index in [0.29, 0.717) is 17.7 Å². The van der Waals surface area contributed by atoms with Gasteiger partial charge in [0.2, 0.25) is 0 Å². The van der Waals surface area contributed by atoms with E-state index < -0.39 is 5.97 Å². The van der Waals surface area contributed by atoms with Crippen LogP contribution >= 0.6 is 0 Å². The molecule has 0 saturated heterocycles. The van der Waals surface area contributed by atoms with Crippen molar-refractivity contribution in [2.45, 2.75) is 6.42 Å². The first-order valence-electron chi connectivity index (χ1n) is 7.36. The number of phenolic OH excluding ortho intramolecular Hbond substituents is 1. The van der Waals surface area contributed by atoms with Gasteiger partial charge in [-0.2, -0.15) is 0 Å². The number of hydrogen-bond acceptors (Lipinski definition) is 3. The summed E-state index contributed by atoms with van der Waals surface area (Å²) in [6, 6.07) is 23.4. The average Bonchev–Trinajstić information content (AvgIpc) is 2.59. The van der Waals surface area contributed by atoms with E-state index in [0.717, 1.165) is 11.1 Å². The molecule has 3 heteroatoms. The van der Waals surface area contributed by atoms with E-state index in [1.807, 2.05) is 36.4 Å². The zero-order valence-electron chi connectivity index (χ0n) is 12.5. The molecule has 114 valence electrons. The van der Waals surface area contributed by atoms with Crippen molar-refractivity contribution >= 4 is 5.97 Å². The second-order valence-corrected chi connectivity index (χ2v) is 5.17. The van der Waals surface area contributed by atoms with Crippen LogP contribution in [0.4, 0.5) is 0 Å². The number of rotatable bonds is 4. The Kier molecular flexibility index (Phi) is 4.39. The number of ether oxygens (including phenoxy) is 1. The summed E-state index contributed by atoms with van der Waals surface area (Å²) < 4.78 is 5.52. The van der Waals surface area contributed by atoms with Gasteiger partial charge in [-0.15, -0.1) is 0 Å². The lowest BCUT2D eigenvalue weighted by Crippen LogP contribution is -2.09. The van der Waals surface area contributed by atoms with Crippen LogP contribution in [0, 0.1) is 0 Å². The van der Waals surface area contributed by atoms with E-state index in [9.17, 15) is 9.90 Å². The standard InChI is InChI=1S/C20H16O3/c21-18-12-6-4-10-16(18)14-17-11-5-7-13-19(17)23-20(22)15-8-2-1-3-9-15/h1-13,21H,14H2. The molecule has 3 aromatic rings. The Bertz CT molecular complexity index is 810. The predicted molar refractivity (Wildman–Crippen MR) is 88.8 cm³/mol. The third-order valence-electron chi connectivity index (χ3n) is 3.56. The van der Waals surface area contributed by atoms with Crippen LogP contribution in [-0.2, 0) is 6.42 Å². The predicted octanol–water partition coefficient (Wildman–Crippen LogP) is 4.20. The van der Waals surface area contributed by atoms with E-state index in [1.165, 1.54) is 0 Å². The van der Waals surface area contributed by atoms with Crippen LogP contribution in [0.3, 0.4) is 0 Å². The molecule has 3 nitrogen and oxygen atoms in total. The van der Waals surface area contributed by atoms with Crippen molar-refractivity contribution in [1.82, 2.24) is 0 Å². The molecular formula is C20H16O3. The summed E-state index contributed by atoms with van der Waals surface area (Å²) in [6.07, 6.45) is 0.491. The lowest BCUT2D eigenvalue weighted by atomic mass is 10.0. The minimum absolute atomic E-state index is 0.233. The van der Waals surface area contributed by atoms with Gasteiger partial charge >= 0.3 is 5.97 Å². The molecule has 3 aromatic carbocycles. The maximum atomic E-state index is 12.2. The fourth-order valence-electron chi connectivity index (χ4n) is 2.35. The molecule has 0 aromatic heterocycles. The van der Waals surface area contributed by atoms with Crippen LogP contribution in [0.1, 0.15) is 21.5 Å². The van der Waals surface area contributed by atoms with E-state index in [1.54, 1.807) is 42.5 Å². The SMILES string of the molecule is O=C(Oc1ccccc1Cc1ccccc1O)c1ccccc1. The zero-order chi connectivity index (χ0) is 16.1. The summed E-state index contributed by atoms with van der Waals surface area (Å²) in [5, 5.41) is 9.91. The number of carbonyl (C=O) groups is 1. The number of para-hydroxylation sites is 2. The monoisotopic (exact) mass is 304 g/mol. The molecule has 3 rings (SSSR count). The summed E-state index contributed by atoms with van der Waals surface area (Å²) in [4.78, 5) is 12.2. The molecule has 0 amide bonds. The lowest BCUT2D eigenvalue weighted by molar-refractivity contribution is 0.0733. The normalized spacial score (nSPS) is 10.3. The smallest absolute Gasteiger partial charge is 0.343 e. The van der Waals surface area contributed by atoms with E-state index in [-0.39, 0.29) is 5.75 Å². The van der Waals surface area contributed by atoms with Crippen molar-refractivity contribution in [3.05, 3.63) is 95.6 Å². The van der Waals surface area contributed by atoms with E-state index in [2.05, 4.69) is 0 Å². The minimum atomic E-state index is -0.393. The first-order chi connectivity index (χ1) is 11.2. The Morgan fingerprint density at radius 2 is 1.39 bits per heavy atom. The molecule has 23 heavy (non-hydrogen) atoms. The summed E-state index contributed by atoms with van der Waals surface area (Å²) >= 11 is 0. The molecule has 0 unspecified atom stereocenters. The second-order valence-electron chi connectivity index (χ2n) is 5.17. The third-order valence-corrected chi connectivity index (χ3v) is 3.56. The van der Waals surface area contributed by atoms with Crippen molar-refractivity contribution in [3.63, 3.8) is 0 Å². The average molecular weight is 304 g/mol. The summed E-state index contributed by atoms with van der Waals surface area (Å²) in [6.45, 7) is 0. The largest absolute Gasteiger partial charge is 0.508 e. The number of aromatic hydroxyl groups is 1. The Balaban J connectivity index is 1.84. The number of hydrogen-bond donors (Lipinski definition) is 1. The lowest BCUT2D eigenvalue weighted by Gasteiger charge is -2.11. The van der Waals surface area contributed by atoms with Crippen LogP contribution in [0.25, 0.3) is 0 Å². The minimum Gasteiger partial charge on any atom is -0.508 e. The maximum Gasteiger partial charge on any atom is 0.343 e. The first-order valence-corrected chi connectivity index (χ1v) is 7.36. The van der Waals surface area contributed by atoms with Crippen LogP contribution in [-0.4, -0.2) is 11.1 Å². The number of carbonyl (C=O) groups excluding carboxylic acids is 1. The number of benzene rings is 3. The molecule has 0 aliphatic carbocycles. The van der Waals surface area contributed by atoms with Gasteiger partial charge in [-0.3, -0.25) is 0 Å². The molecule has 0 heterocycles. The van der Waals surface area contributed by atoms with Gasteiger partial charge in [-0.05, 0) is 35.4 Å². The van der Waals surface area contributed by atoms with Gasteiger partial charge in [-0.1, -0.05) is 54.6 Å². The van der Waals surface area contributed by atoms with Crippen LogP contribution in [0.15, 0.2) is 78.9 Å². The Morgan fingerprint density at radius 1 is 0.783 bits per heavy atom. The van der Waals surface area contributed by atoms with Crippen molar-refractivity contribution in [2.24, 2.45) is 0 Å². The summed E-state index contributed by atoms with van der Waals surface area (Å²) in [7, 11) is 0. The van der Waals surface area contributed by atoms with Gasteiger partial charge in [0.15, 0.2) is 0 Å². The zero-order valence-corrected chi connectivity index (χ0v) is 12.5. The highest BCUT2D eigenvalue weighted by atomic mass is 16.5. The van der Waals surface area contributed by atoms with Gasteiger partial charge < -0.3 is 9.84 Å². The topological polar surface area (TPSA) is 46.5 Å². The Labute approximate surface area is 134 Å². The molecule has 0 fully saturated rings. The molecule has 0 saturated carbocycles. The fraction of sp³-hybridized carbons (Fsp3) is 0.0500. The third kappa shape index (κ3) is 3.58. The molecule has 0 aliphatic heterocycles. The van der Waals surface area contributed by atoms with Crippen molar-refractivity contribution in [2.75, 3.05) is 0 Å². The maximum absolute atomic E-state index is 12.2. The molecule has 0 atom stereocenters. The van der Waals surface area contributed by atoms with Crippen molar-refractivity contribution < 1.29 is 14.6 Å². The van der Waals surface area contributed by atoms with Gasteiger partial charge in [0.1, 0.15) is 11.5 Å². The van der Waals surface area contributed by atoms with Gasteiger partial charge in [-0.25, -0.2) is 4.79 Å². The van der Waals surface area contributed by atoms with E-state index in [4.69, 9.17) is 4.74 Å². The number of esters is 1. The molecule has 0 bridgehead atoms. The molecular weight excluding hydrogens is 288 g/mol. The summed E-state index contributed by atoms with van der Waals surface area (Å²) in [5.41, 5.74) is 2.14. The highest BCUT2D eigenvalue weighted by Crippen LogP contribution is 2.26. The second kappa shape index (κ2) is 6.79. The van der Waals surface area contributed by atoms with Crippen LogP contribution < -0.4 is 4.74 Å². The Morgan fingerprint density at radius 3 is 2.13 bits per heavy atom. The van der Waals surface area contributed by atoms with Crippen molar-refractivity contribution in [1.29, 1.82) is 0 Å². The highest BCUT2D eigenvalue weighted by Gasteiger charge is 2.12.